The summed E-state index contributed by atoms with van der Waals surface area (Å²) in [7, 11) is 1.58. The van der Waals surface area contributed by atoms with Gasteiger partial charge in [0, 0.05) is 5.56 Å². The molecule has 3 nitrogen and oxygen atoms in total. The number of hydrogen-bond donors (Lipinski definition) is 0. The molecule has 1 aromatic heterocycles. The first kappa shape index (κ1) is 17.0. The third kappa shape index (κ3) is 3.08. The van der Waals surface area contributed by atoms with Crippen molar-refractivity contribution in [2.24, 2.45) is 0 Å². The molecule has 0 amide bonds. The Kier molecular flexibility index (Phi) is 4.42. The monoisotopic (exact) mass is 363 g/mol. The summed E-state index contributed by atoms with van der Waals surface area (Å²) in [6, 6.07) is 20.2. The van der Waals surface area contributed by atoms with Gasteiger partial charge >= 0.3 is 0 Å². The molecule has 134 valence electrons. The van der Waals surface area contributed by atoms with Crippen molar-refractivity contribution in [1.82, 2.24) is 5.16 Å². The second-order valence-corrected chi connectivity index (χ2v) is 5.93. The summed E-state index contributed by atoms with van der Waals surface area (Å²) in [6.45, 7) is 0. The van der Waals surface area contributed by atoms with Crippen LogP contribution in [0.5, 0.6) is 5.75 Å². The highest BCUT2D eigenvalue weighted by molar-refractivity contribution is 5.90. The summed E-state index contributed by atoms with van der Waals surface area (Å²) in [5.41, 5.74) is 1.93. The van der Waals surface area contributed by atoms with Crippen LogP contribution >= 0.6 is 0 Å². The van der Waals surface area contributed by atoms with Crippen LogP contribution in [0.25, 0.3) is 33.7 Å². The Bertz CT molecular complexity index is 1050. The van der Waals surface area contributed by atoms with Crippen molar-refractivity contribution < 1.29 is 18.0 Å². The molecule has 0 N–H and O–H groups in total. The van der Waals surface area contributed by atoms with E-state index in [1.807, 2.05) is 42.5 Å². The van der Waals surface area contributed by atoms with E-state index in [2.05, 4.69) is 5.16 Å². The van der Waals surface area contributed by atoms with Gasteiger partial charge in [-0.2, -0.15) is 0 Å². The molecule has 0 saturated carbocycles. The molecule has 0 unspecified atom stereocenters. The predicted octanol–water partition coefficient (Wildman–Crippen LogP) is 5.96. The Balaban J connectivity index is 1.97. The van der Waals surface area contributed by atoms with Gasteiger partial charge in [-0.25, -0.2) is 8.78 Å². The fraction of sp³-hybridized carbons (Fsp3) is 0.0455. The van der Waals surface area contributed by atoms with Crippen LogP contribution in [0.15, 0.2) is 77.3 Å². The second-order valence-electron chi connectivity index (χ2n) is 5.93. The number of hydrogen-bond acceptors (Lipinski definition) is 3. The molecular weight excluding hydrogens is 348 g/mol. The minimum atomic E-state index is -0.693. The van der Waals surface area contributed by atoms with Crippen LogP contribution in [-0.4, -0.2) is 12.3 Å². The van der Waals surface area contributed by atoms with Crippen molar-refractivity contribution in [3.63, 3.8) is 0 Å². The van der Waals surface area contributed by atoms with E-state index in [0.717, 1.165) is 11.1 Å². The van der Waals surface area contributed by atoms with Crippen LogP contribution in [0.2, 0.25) is 0 Å². The lowest BCUT2D eigenvalue weighted by Crippen LogP contribution is -1.92. The molecule has 0 bridgehead atoms. The van der Waals surface area contributed by atoms with Crippen molar-refractivity contribution >= 4 is 0 Å². The molecule has 0 radical (unpaired) electrons. The number of benzene rings is 3. The molecule has 0 fully saturated rings. The highest BCUT2D eigenvalue weighted by Gasteiger charge is 2.25. The maximum absolute atomic E-state index is 14.4. The molecule has 0 spiro atoms. The molecule has 1 heterocycles. The standard InChI is InChI=1S/C22H15F2NO2/c1-26-16-12-10-15(11-13-16)22-19(14-6-3-2-4-7-14)21(25-27-22)20-17(23)8-5-9-18(20)24/h2-13H,1H3. The molecule has 0 aliphatic rings. The van der Waals surface area contributed by atoms with Crippen LogP contribution in [0.3, 0.4) is 0 Å². The largest absolute Gasteiger partial charge is 0.497 e. The number of halogens is 2. The first-order chi connectivity index (χ1) is 13.2. The van der Waals surface area contributed by atoms with Crippen LogP contribution in [0, 0.1) is 11.6 Å². The summed E-state index contributed by atoms with van der Waals surface area (Å²) in [6.07, 6.45) is 0. The van der Waals surface area contributed by atoms with E-state index in [0.29, 0.717) is 17.1 Å². The minimum Gasteiger partial charge on any atom is -0.497 e. The van der Waals surface area contributed by atoms with Gasteiger partial charge in [0.15, 0.2) is 5.76 Å². The zero-order chi connectivity index (χ0) is 18.8. The topological polar surface area (TPSA) is 35.3 Å². The molecule has 4 rings (SSSR count). The van der Waals surface area contributed by atoms with Crippen molar-refractivity contribution in [3.8, 4) is 39.5 Å². The second kappa shape index (κ2) is 7.03. The SMILES string of the molecule is COc1ccc(-c2onc(-c3c(F)cccc3F)c2-c2ccccc2)cc1. The van der Waals surface area contributed by atoms with Crippen LogP contribution in [-0.2, 0) is 0 Å². The van der Waals surface area contributed by atoms with E-state index in [4.69, 9.17) is 9.26 Å². The smallest absolute Gasteiger partial charge is 0.175 e. The average Bonchev–Trinajstić information content (AvgIpc) is 3.13. The number of methoxy groups -OCH3 is 1. The van der Waals surface area contributed by atoms with Gasteiger partial charge in [-0.05, 0) is 42.0 Å². The van der Waals surface area contributed by atoms with Crippen molar-refractivity contribution in [2.75, 3.05) is 7.11 Å². The Morgan fingerprint density at radius 2 is 1.41 bits per heavy atom. The summed E-state index contributed by atoms with van der Waals surface area (Å²) in [5, 5.41) is 4.02. The van der Waals surface area contributed by atoms with Gasteiger partial charge in [-0.3, -0.25) is 0 Å². The zero-order valence-corrected chi connectivity index (χ0v) is 14.4. The molecule has 4 aromatic rings. The molecule has 0 atom stereocenters. The van der Waals surface area contributed by atoms with E-state index < -0.39 is 11.6 Å². The van der Waals surface area contributed by atoms with E-state index >= 15 is 0 Å². The van der Waals surface area contributed by atoms with Crippen LogP contribution in [0.1, 0.15) is 0 Å². The quantitative estimate of drug-likeness (QED) is 0.449. The Labute approximate surface area is 154 Å². The summed E-state index contributed by atoms with van der Waals surface area (Å²) in [4.78, 5) is 0. The Hall–Kier alpha value is -3.47. The Morgan fingerprint density at radius 1 is 0.741 bits per heavy atom. The van der Waals surface area contributed by atoms with Gasteiger partial charge in [0.2, 0.25) is 0 Å². The first-order valence-electron chi connectivity index (χ1n) is 8.33. The van der Waals surface area contributed by atoms with Gasteiger partial charge in [0.1, 0.15) is 23.1 Å². The van der Waals surface area contributed by atoms with E-state index in [-0.39, 0.29) is 11.3 Å². The Morgan fingerprint density at radius 3 is 2.04 bits per heavy atom. The average molecular weight is 363 g/mol. The summed E-state index contributed by atoms with van der Waals surface area (Å²) < 4.78 is 39.5. The van der Waals surface area contributed by atoms with Crippen molar-refractivity contribution in [2.45, 2.75) is 0 Å². The summed E-state index contributed by atoms with van der Waals surface area (Å²) in [5.74, 6) is -0.259. The van der Waals surface area contributed by atoms with E-state index in [1.54, 1.807) is 19.2 Å². The maximum Gasteiger partial charge on any atom is 0.175 e. The minimum absolute atomic E-state index is 0.127. The molecule has 0 aliphatic heterocycles. The van der Waals surface area contributed by atoms with Gasteiger partial charge in [-0.15, -0.1) is 0 Å². The number of rotatable bonds is 4. The van der Waals surface area contributed by atoms with Crippen molar-refractivity contribution in [3.05, 3.63) is 84.4 Å². The highest BCUT2D eigenvalue weighted by Crippen LogP contribution is 2.41. The third-order valence-corrected chi connectivity index (χ3v) is 4.31. The maximum atomic E-state index is 14.4. The van der Waals surface area contributed by atoms with Gasteiger partial charge in [0.05, 0.1) is 18.2 Å². The molecule has 0 aliphatic carbocycles. The molecular formula is C22H15F2NO2. The molecule has 27 heavy (non-hydrogen) atoms. The fourth-order valence-corrected chi connectivity index (χ4v) is 3.00. The first-order valence-corrected chi connectivity index (χ1v) is 8.33. The van der Waals surface area contributed by atoms with Gasteiger partial charge in [-0.1, -0.05) is 41.6 Å². The van der Waals surface area contributed by atoms with E-state index in [9.17, 15) is 8.78 Å². The number of ether oxygens (including phenoxy) is 1. The van der Waals surface area contributed by atoms with Crippen LogP contribution in [0.4, 0.5) is 8.78 Å². The molecule has 0 saturated heterocycles. The van der Waals surface area contributed by atoms with E-state index in [1.165, 1.54) is 18.2 Å². The lowest BCUT2D eigenvalue weighted by atomic mass is 9.96. The fourth-order valence-electron chi connectivity index (χ4n) is 3.00. The van der Waals surface area contributed by atoms with Gasteiger partial charge in [0.25, 0.3) is 0 Å². The van der Waals surface area contributed by atoms with Crippen LogP contribution < -0.4 is 4.74 Å². The lowest BCUT2D eigenvalue weighted by molar-refractivity contribution is 0.414. The summed E-state index contributed by atoms with van der Waals surface area (Å²) >= 11 is 0. The number of nitrogens with zero attached hydrogens (tertiary/aromatic N) is 1. The molecule has 3 aromatic carbocycles. The number of aromatic nitrogens is 1. The lowest BCUT2D eigenvalue weighted by Gasteiger charge is -2.07. The zero-order valence-electron chi connectivity index (χ0n) is 14.4. The normalized spacial score (nSPS) is 10.8. The van der Waals surface area contributed by atoms with Crippen molar-refractivity contribution in [1.29, 1.82) is 0 Å². The van der Waals surface area contributed by atoms with Gasteiger partial charge < -0.3 is 9.26 Å². The molecule has 5 heteroatoms. The predicted molar refractivity (Wildman–Crippen MR) is 99.3 cm³/mol. The third-order valence-electron chi connectivity index (χ3n) is 4.31. The highest BCUT2D eigenvalue weighted by atomic mass is 19.1.